The van der Waals surface area contributed by atoms with Gasteiger partial charge in [0.1, 0.15) is 17.2 Å². The maximum absolute atomic E-state index is 15.4. The summed E-state index contributed by atoms with van der Waals surface area (Å²) in [6, 6.07) is 0. The Morgan fingerprint density at radius 2 is 2.00 bits per heavy atom. The lowest BCUT2D eigenvalue weighted by Gasteiger charge is -2.30. The number of ether oxygens (including phenoxy) is 2. The fourth-order valence-corrected chi connectivity index (χ4v) is 5.78. The lowest BCUT2D eigenvalue weighted by molar-refractivity contribution is -0.167. The number of carbonyl (C=O) groups is 2. The smallest absolute Gasteiger partial charge is 0.306 e. The Balaban J connectivity index is 1.90. The van der Waals surface area contributed by atoms with Crippen LogP contribution in [0.25, 0.3) is 6.08 Å². The van der Waals surface area contributed by atoms with Crippen molar-refractivity contribution in [1.82, 2.24) is 4.98 Å². The average molecular weight is 526 g/mol. The van der Waals surface area contributed by atoms with E-state index in [1.54, 1.807) is 19.2 Å². The van der Waals surface area contributed by atoms with Crippen LogP contribution in [0.4, 0.5) is 4.39 Å². The van der Waals surface area contributed by atoms with Gasteiger partial charge < -0.3 is 19.7 Å². The number of aliphatic hydroxyl groups excluding tert-OH is 1. The number of thiazole rings is 1. The van der Waals surface area contributed by atoms with E-state index in [1.165, 1.54) is 11.3 Å². The lowest BCUT2D eigenvalue weighted by atomic mass is 9.74. The molecule has 0 aliphatic carbocycles. The van der Waals surface area contributed by atoms with Gasteiger partial charge >= 0.3 is 5.97 Å². The molecule has 0 spiro atoms. The highest BCUT2D eigenvalue weighted by atomic mass is 32.1. The zero-order valence-electron chi connectivity index (χ0n) is 22.2. The molecule has 0 radical (unpaired) electrons. The third-order valence-corrected chi connectivity index (χ3v) is 8.55. The first-order valence-corrected chi connectivity index (χ1v) is 13.7. The van der Waals surface area contributed by atoms with Crippen molar-refractivity contribution in [3.8, 4) is 0 Å². The SMILES string of the molecule is CCC1CC(C)CCCC2(C)OC2(O)C(O)C(C(F)=Cc2csc(C)n2)OC(=O)CCC(C)(C)C1=O. The minimum absolute atomic E-state index is 0.111. The fraction of sp³-hybridized carbons (Fsp3) is 0.741. The number of aliphatic hydroxyl groups is 2. The normalized spacial score (nSPS) is 36.8. The van der Waals surface area contributed by atoms with Gasteiger partial charge in [-0.05, 0) is 45.4 Å². The summed E-state index contributed by atoms with van der Waals surface area (Å²) in [5.41, 5.74) is -1.54. The summed E-state index contributed by atoms with van der Waals surface area (Å²) in [5.74, 6) is -3.48. The monoisotopic (exact) mass is 525 g/mol. The molecular formula is C27H40FNO6S. The number of epoxide rings is 1. The molecule has 2 aliphatic rings. The highest BCUT2D eigenvalue weighted by Crippen LogP contribution is 2.53. The van der Waals surface area contributed by atoms with E-state index in [0.717, 1.165) is 30.3 Å². The Hall–Kier alpha value is -1.68. The van der Waals surface area contributed by atoms with Gasteiger partial charge in [-0.15, -0.1) is 11.3 Å². The molecule has 6 unspecified atom stereocenters. The van der Waals surface area contributed by atoms with Crippen LogP contribution in [-0.2, 0) is 19.1 Å². The molecule has 1 aromatic rings. The molecule has 2 aliphatic heterocycles. The molecule has 36 heavy (non-hydrogen) atoms. The molecule has 2 fully saturated rings. The minimum Gasteiger partial charge on any atom is -0.452 e. The van der Waals surface area contributed by atoms with Crippen molar-refractivity contribution in [2.75, 3.05) is 0 Å². The summed E-state index contributed by atoms with van der Waals surface area (Å²) >= 11 is 1.33. The van der Waals surface area contributed by atoms with Crippen LogP contribution in [0.1, 0.15) is 90.3 Å². The molecule has 6 atom stereocenters. The summed E-state index contributed by atoms with van der Waals surface area (Å²) in [7, 11) is 0. The molecule has 9 heteroatoms. The molecule has 1 aromatic heterocycles. The molecule has 0 amide bonds. The summed E-state index contributed by atoms with van der Waals surface area (Å²) in [5, 5.41) is 24.5. The number of cyclic esters (lactones) is 1. The fourth-order valence-electron chi connectivity index (χ4n) is 5.21. The van der Waals surface area contributed by atoms with Crippen LogP contribution in [0.2, 0.25) is 0 Å². The molecule has 0 saturated carbocycles. The number of carbonyl (C=O) groups excluding carboxylic acids is 2. The Bertz CT molecular complexity index is 993. The van der Waals surface area contributed by atoms with E-state index in [1.807, 2.05) is 20.8 Å². The third kappa shape index (κ3) is 6.23. The molecular weight excluding hydrogens is 485 g/mol. The van der Waals surface area contributed by atoms with Gasteiger partial charge in [-0.25, -0.2) is 9.37 Å². The largest absolute Gasteiger partial charge is 0.452 e. The van der Waals surface area contributed by atoms with E-state index in [0.29, 0.717) is 18.5 Å². The maximum Gasteiger partial charge on any atom is 0.306 e. The maximum atomic E-state index is 15.4. The second-order valence-corrected chi connectivity index (χ2v) is 12.4. The number of esters is 1. The zero-order chi connectivity index (χ0) is 26.9. The second-order valence-electron chi connectivity index (χ2n) is 11.3. The van der Waals surface area contributed by atoms with Gasteiger partial charge in [-0.1, -0.05) is 40.5 Å². The number of aromatic nitrogens is 1. The molecule has 202 valence electrons. The van der Waals surface area contributed by atoms with Crippen LogP contribution in [-0.4, -0.2) is 50.5 Å². The number of fused-ring (bicyclic) bond motifs is 1. The first-order chi connectivity index (χ1) is 16.7. The number of rotatable bonds is 3. The van der Waals surface area contributed by atoms with Gasteiger partial charge in [-0.2, -0.15) is 0 Å². The van der Waals surface area contributed by atoms with Crippen LogP contribution in [0.15, 0.2) is 11.2 Å². The van der Waals surface area contributed by atoms with Crippen LogP contribution < -0.4 is 0 Å². The number of aryl methyl sites for hydroxylation is 1. The quantitative estimate of drug-likeness (QED) is 0.416. The van der Waals surface area contributed by atoms with E-state index >= 15 is 4.39 Å². The molecule has 7 nitrogen and oxygen atoms in total. The van der Waals surface area contributed by atoms with Crippen molar-refractivity contribution in [2.45, 2.75) is 110 Å². The Labute approximate surface area is 217 Å². The van der Waals surface area contributed by atoms with E-state index in [2.05, 4.69) is 11.9 Å². The Morgan fingerprint density at radius 1 is 1.31 bits per heavy atom. The van der Waals surface area contributed by atoms with Crippen molar-refractivity contribution in [1.29, 1.82) is 0 Å². The van der Waals surface area contributed by atoms with Crippen molar-refractivity contribution in [2.24, 2.45) is 17.3 Å². The first-order valence-electron chi connectivity index (χ1n) is 12.9. The summed E-state index contributed by atoms with van der Waals surface area (Å²) < 4.78 is 26.4. The van der Waals surface area contributed by atoms with Crippen LogP contribution in [0.5, 0.6) is 0 Å². The predicted octanol–water partition coefficient (Wildman–Crippen LogP) is 5.12. The topological polar surface area (TPSA) is 109 Å². The van der Waals surface area contributed by atoms with Crippen molar-refractivity contribution >= 4 is 29.2 Å². The van der Waals surface area contributed by atoms with Crippen LogP contribution in [0.3, 0.4) is 0 Å². The van der Waals surface area contributed by atoms with Gasteiger partial charge in [0.2, 0.25) is 5.79 Å². The van der Waals surface area contributed by atoms with Gasteiger partial charge in [-0.3, -0.25) is 9.59 Å². The number of nitrogens with zero attached hydrogens (tertiary/aromatic N) is 1. The van der Waals surface area contributed by atoms with Gasteiger partial charge in [0.05, 0.1) is 10.7 Å². The minimum atomic E-state index is -2.05. The van der Waals surface area contributed by atoms with Crippen molar-refractivity contribution < 1.29 is 33.7 Å². The zero-order valence-corrected chi connectivity index (χ0v) is 23.0. The average Bonchev–Trinajstić information content (AvgIpc) is 3.13. The second kappa shape index (κ2) is 11.0. The number of ketones is 1. The molecule has 0 aromatic carbocycles. The number of hydrogen-bond acceptors (Lipinski definition) is 8. The standard InChI is InChI=1S/C27H40FNO6S/c1-7-18-13-16(2)9-8-11-26(6)27(33,35-26)24(32)22(20(28)14-19-15-36-17(3)29-19)34-21(30)10-12-25(4,5)23(18)31/h14-16,18,22,24,32-33H,7-13H2,1-6H3. The number of Topliss-reactive ketones (excluding diaryl/α,β-unsaturated/α-hetero) is 1. The lowest BCUT2D eigenvalue weighted by Crippen LogP contribution is -2.46. The number of halogens is 1. The summed E-state index contributed by atoms with van der Waals surface area (Å²) in [6.45, 7) is 11.2. The summed E-state index contributed by atoms with van der Waals surface area (Å²) in [6.07, 6.45) is 0.992. The number of hydrogen-bond donors (Lipinski definition) is 2. The van der Waals surface area contributed by atoms with E-state index in [4.69, 9.17) is 9.47 Å². The van der Waals surface area contributed by atoms with E-state index in [-0.39, 0.29) is 30.5 Å². The Kier molecular flexibility index (Phi) is 8.80. The van der Waals surface area contributed by atoms with E-state index < -0.39 is 40.8 Å². The molecule has 0 bridgehead atoms. The molecule has 3 heterocycles. The Morgan fingerprint density at radius 3 is 2.61 bits per heavy atom. The molecule has 2 saturated heterocycles. The first kappa shape index (κ1) is 28.9. The van der Waals surface area contributed by atoms with Crippen LogP contribution in [0, 0.1) is 24.2 Å². The third-order valence-electron chi connectivity index (χ3n) is 7.76. The van der Waals surface area contributed by atoms with Gasteiger partial charge in [0.15, 0.2) is 12.2 Å². The van der Waals surface area contributed by atoms with Crippen LogP contribution >= 0.6 is 11.3 Å². The van der Waals surface area contributed by atoms with Gasteiger partial charge in [0, 0.05) is 29.2 Å². The molecule has 3 rings (SSSR count). The van der Waals surface area contributed by atoms with Crippen molar-refractivity contribution in [3.63, 3.8) is 0 Å². The van der Waals surface area contributed by atoms with Gasteiger partial charge in [0.25, 0.3) is 0 Å². The molecule has 2 N–H and O–H groups in total. The highest BCUT2D eigenvalue weighted by molar-refractivity contribution is 7.09. The van der Waals surface area contributed by atoms with E-state index in [9.17, 15) is 19.8 Å². The highest BCUT2D eigenvalue weighted by Gasteiger charge is 2.72. The summed E-state index contributed by atoms with van der Waals surface area (Å²) in [4.78, 5) is 30.3. The predicted molar refractivity (Wildman–Crippen MR) is 136 cm³/mol. The van der Waals surface area contributed by atoms with Crippen molar-refractivity contribution in [3.05, 3.63) is 21.9 Å².